The van der Waals surface area contributed by atoms with Crippen molar-refractivity contribution in [3.63, 3.8) is 0 Å². The first-order chi connectivity index (χ1) is 15.9. The smallest absolute Gasteiger partial charge is 0.508 e. The number of rotatable bonds is 4. The zero-order chi connectivity index (χ0) is 25.0. The molecular formula is C24H18ClF4NO4. The van der Waals surface area contributed by atoms with Gasteiger partial charge in [-0.25, -0.2) is 9.29 Å². The lowest BCUT2D eigenvalue weighted by molar-refractivity contribution is -0.274. The Balaban J connectivity index is 1.86. The number of aromatic hydroxyl groups is 1. The maximum Gasteiger partial charge on any atom is 0.573 e. The number of imide groups is 1. The number of carbonyl (C=O) groups is 2. The first-order valence-corrected chi connectivity index (χ1v) is 10.5. The summed E-state index contributed by atoms with van der Waals surface area (Å²) in [4.78, 5) is 28.0. The second-order valence-electron chi connectivity index (χ2n) is 8.26. The largest absolute Gasteiger partial charge is 0.573 e. The van der Waals surface area contributed by atoms with Crippen LogP contribution in [-0.4, -0.2) is 23.3 Å². The molecule has 2 aromatic carbocycles. The molecule has 0 radical (unpaired) electrons. The van der Waals surface area contributed by atoms with E-state index in [1.165, 1.54) is 19.1 Å². The summed E-state index contributed by atoms with van der Waals surface area (Å²) in [7, 11) is 0. The average molecular weight is 496 g/mol. The van der Waals surface area contributed by atoms with Crippen molar-refractivity contribution in [3.8, 4) is 11.5 Å². The van der Waals surface area contributed by atoms with Crippen LogP contribution in [-0.2, 0) is 9.59 Å². The zero-order valence-corrected chi connectivity index (χ0v) is 18.5. The van der Waals surface area contributed by atoms with E-state index in [1.807, 2.05) is 0 Å². The molecule has 3 atom stereocenters. The van der Waals surface area contributed by atoms with E-state index in [-0.39, 0.29) is 28.4 Å². The molecule has 2 aliphatic rings. The van der Waals surface area contributed by atoms with Crippen LogP contribution in [0.1, 0.15) is 24.8 Å². The number of halogens is 5. The van der Waals surface area contributed by atoms with Crippen molar-refractivity contribution in [3.05, 3.63) is 77.1 Å². The number of nitrogens with zero attached hydrogens (tertiary/aromatic N) is 1. The summed E-state index contributed by atoms with van der Waals surface area (Å²) in [5.41, 5.74) is -1.00. The molecule has 34 heavy (non-hydrogen) atoms. The van der Waals surface area contributed by atoms with Crippen LogP contribution in [0, 0.1) is 17.2 Å². The Labute approximate surface area is 196 Å². The van der Waals surface area contributed by atoms with Crippen molar-refractivity contribution < 1.29 is 37.0 Å². The monoisotopic (exact) mass is 495 g/mol. The highest BCUT2D eigenvalue weighted by atomic mass is 35.5. The van der Waals surface area contributed by atoms with Crippen LogP contribution < -0.4 is 9.64 Å². The summed E-state index contributed by atoms with van der Waals surface area (Å²) >= 11 is 5.85. The quantitative estimate of drug-likeness (QED) is 0.425. The number of hydrogen-bond donors (Lipinski definition) is 1. The van der Waals surface area contributed by atoms with E-state index in [2.05, 4.69) is 11.3 Å². The predicted molar refractivity (Wildman–Crippen MR) is 116 cm³/mol. The van der Waals surface area contributed by atoms with Crippen molar-refractivity contribution in [1.29, 1.82) is 0 Å². The maximum absolute atomic E-state index is 13.8. The number of carbonyl (C=O) groups excluding carboxylic acids is 2. The lowest BCUT2D eigenvalue weighted by Gasteiger charge is -2.40. The van der Waals surface area contributed by atoms with Gasteiger partial charge in [0.2, 0.25) is 11.8 Å². The van der Waals surface area contributed by atoms with Gasteiger partial charge in [0.1, 0.15) is 17.3 Å². The predicted octanol–water partition coefficient (Wildman–Crippen LogP) is 5.88. The fourth-order valence-electron chi connectivity index (χ4n) is 4.82. The molecule has 0 bridgehead atoms. The summed E-state index contributed by atoms with van der Waals surface area (Å²) < 4.78 is 56.1. The number of anilines is 1. The van der Waals surface area contributed by atoms with Crippen molar-refractivity contribution >= 4 is 29.1 Å². The Morgan fingerprint density at radius 1 is 1.24 bits per heavy atom. The Morgan fingerprint density at radius 2 is 1.94 bits per heavy atom. The van der Waals surface area contributed by atoms with Gasteiger partial charge < -0.3 is 9.84 Å². The molecule has 2 amide bonds. The van der Waals surface area contributed by atoms with Crippen LogP contribution in [0.15, 0.2) is 60.7 Å². The third-order valence-electron chi connectivity index (χ3n) is 6.37. The van der Waals surface area contributed by atoms with E-state index in [0.29, 0.717) is 5.57 Å². The summed E-state index contributed by atoms with van der Waals surface area (Å²) in [6.07, 6.45) is -1.73. The normalized spacial score (nSPS) is 24.6. The number of phenols is 1. The number of alkyl halides is 3. The number of allylic oxidation sites excluding steroid dienone is 3. The molecule has 1 fully saturated rings. The summed E-state index contributed by atoms with van der Waals surface area (Å²) in [6.45, 7) is 5.24. The molecule has 4 rings (SSSR count). The molecule has 10 heteroatoms. The molecule has 5 nitrogen and oxygen atoms in total. The molecule has 1 saturated heterocycles. The van der Waals surface area contributed by atoms with Crippen molar-refractivity contribution in [1.82, 2.24) is 0 Å². The molecular weight excluding hydrogens is 478 g/mol. The van der Waals surface area contributed by atoms with Gasteiger partial charge in [-0.2, -0.15) is 0 Å². The summed E-state index contributed by atoms with van der Waals surface area (Å²) in [6, 6.07) is 6.39. The number of amides is 2. The van der Waals surface area contributed by atoms with E-state index >= 15 is 0 Å². The van der Waals surface area contributed by atoms with Crippen LogP contribution in [0.5, 0.6) is 11.5 Å². The van der Waals surface area contributed by atoms with Crippen molar-refractivity contribution in [2.75, 3.05) is 4.90 Å². The first kappa shape index (κ1) is 23.8. The van der Waals surface area contributed by atoms with Gasteiger partial charge in [0, 0.05) is 11.5 Å². The SMILES string of the molecule is C=CC1=CC[C@H]2C(=O)N(c3ccc(F)c(Cl)c3)C(=O)[C@@]2(C)[C@H]1c1cc(OC(F)(F)F)ccc1O. The van der Waals surface area contributed by atoms with E-state index in [1.54, 1.807) is 6.08 Å². The van der Waals surface area contributed by atoms with E-state index in [4.69, 9.17) is 11.6 Å². The molecule has 0 aromatic heterocycles. The zero-order valence-electron chi connectivity index (χ0n) is 17.7. The van der Waals surface area contributed by atoms with Gasteiger partial charge in [-0.05, 0) is 55.3 Å². The summed E-state index contributed by atoms with van der Waals surface area (Å²) in [5.74, 6) is -4.84. The van der Waals surface area contributed by atoms with Gasteiger partial charge in [-0.3, -0.25) is 9.59 Å². The second kappa shape index (κ2) is 8.16. The molecule has 2 aromatic rings. The lowest BCUT2D eigenvalue weighted by Crippen LogP contribution is -2.41. The maximum atomic E-state index is 13.8. The minimum absolute atomic E-state index is 0.0276. The standard InChI is InChI=1S/C24H18ClF4NO4/c1-3-12-4-7-16-21(32)30(13-5-8-18(26)17(25)10-13)22(33)23(16,2)20(12)15-11-14(6-9-19(15)31)34-24(27,28)29/h3-6,8-11,16,20,31H,1,7H2,2H3/t16-,20+,23+/m0/s1. The minimum atomic E-state index is -4.97. The van der Waals surface area contributed by atoms with Crippen LogP contribution in [0.3, 0.4) is 0 Å². The number of benzene rings is 2. The third kappa shape index (κ3) is 3.73. The van der Waals surface area contributed by atoms with E-state index < -0.39 is 47.0 Å². The van der Waals surface area contributed by atoms with Gasteiger partial charge in [0.15, 0.2) is 0 Å². The third-order valence-corrected chi connectivity index (χ3v) is 6.66. The Hall–Kier alpha value is -3.33. The van der Waals surface area contributed by atoms with Crippen molar-refractivity contribution in [2.24, 2.45) is 11.3 Å². The van der Waals surface area contributed by atoms with E-state index in [9.17, 15) is 32.3 Å². The van der Waals surface area contributed by atoms with Crippen LogP contribution in [0.4, 0.5) is 23.2 Å². The molecule has 1 aliphatic heterocycles. The second-order valence-corrected chi connectivity index (χ2v) is 8.67. The number of ether oxygens (including phenoxy) is 1. The highest BCUT2D eigenvalue weighted by molar-refractivity contribution is 6.31. The highest BCUT2D eigenvalue weighted by Crippen LogP contribution is 2.58. The Kier molecular flexibility index (Phi) is 5.72. The minimum Gasteiger partial charge on any atom is -0.508 e. The highest BCUT2D eigenvalue weighted by Gasteiger charge is 2.62. The van der Waals surface area contributed by atoms with Crippen LogP contribution in [0.25, 0.3) is 0 Å². The topological polar surface area (TPSA) is 66.8 Å². The number of phenolic OH excluding ortho intramolecular Hbond substituents is 1. The Bertz CT molecular complexity index is 1240. The van der Waals surface area contributed by atoms with Crippen LogP contribution in [0.2, 0.25) is 5.02 Å². The van der Waals surface area contributed by atoms with Gasteiger partial charge in [-0.15, -0.1) is 13.2 Å². The Morgan fingerprint density at radius 3 is 2.56 bits per heavy atom. The molecule has 0 unspecified atom stereocenters. The van der Waals surface area contributed by atoms with Gasteiger partial charge in [0.05, 0.1) is 22.0 Å². The molecule has 1 heterocycles. The van der Waals surface area contributed by atoms with Crippen LogP contribution >= 0.6 is 11.6 Å². The molecule has 1 aliphatic carbocycles. The summed E-state index contributed by atoms with van der Waals surface area (Å²) in [5, 5.41) is 10.3. The van der Waals surface area contributed by atoms with Gasteiger partial charge in [-0.1, -0.05) is 30.3 Å². The van der Waals surface area contributed by atoms with Crippen molar-refractivity contribution in [2.45, 2.75) is 25.6 Å². The molecule has 1 N–H and O–H groups in total. The number of hydrogen-bond acceptors (Lipinski definition) is 4. The molecule has 0 saturated carbocycles. The van der Waals surface area contributed by atoms with Gasteiger partial charge in [0.25, 0.3) is 0 Å². The molecule has 0 spiro atoms. The average Bonchev–Trinajstić information content (AvgIpc) is 2.95. The lowest BCUT2D eigenvalue weighted by atomic mass is 9.60. The number of fused-ring (bicyclic) bond motifs is 1. The van der Waals surface area contributed by atoms with E-state index in [0.717, 1.165) is 35.2 Å². The molecule has 178 valence electrons. The first-order valence-electron chi connectivity index (χ1n) is 10.1. The fourth-order valence-corrected chi connectivity index (χ4v) is 5.00. The fraction of sp³-hybridized carbons (Fsp3) is 0.250. The van der Waals surface area contributed by atoms with Gasteiger partial charge >= 0.3 is 6.36 Å².